The molecular formula is C32H28ClFN6O. The van der Waals surface area contributed by atoms with E-state index in [-0.39, 0.29) is 5.56 Å². The number of nitrogens with one attached hydrogen (secondary N) is 1. The number of halogens is 2. The fraction of sp³-hybridized carbons (Fsp3) is 0.188. The van der Waals surface area contributed by atoms with Crippen LogP contribution in [-0.4, -0.2) is 44.6 Å². The molecule has 0 saturated carbocycles. The number of pyridine rings is 2. The fourth-order valence-electron chi connectivity index (χ4n) is 5.14. The highest BCUT2D eigenvalue weighted by atomic mass is 35.5. The van der Waals surface area contributed by atoms with Gasteiger partial charge in [0.15, 0.2) is 0 Å². The Labute approximate surface area is 242 Å². The van der Waals surface area contributed by atoms with E-state index in [1.807, 2.05) is 19.1 Å². The van der Waals surface area contributed by atoms with Gasteiger partial charge in [0.25, 0.3) is 5.56 Å². The largest absolute Gasteiger partial charge is 0.324 e. The molecule has 7 nitrogen and oxygen atoms in total. The van der Waals surface area contributed by atoms with E-state index in [9.17, 15) is 9.18 Å². The Morgan fingerprint density at radius 1 is 1.00 bits per heavy atom. The second kappa shape index (κ2) is 11.2. The first-order valence-electron chi connectivity index (χ1n) is 13.5. The van der Waals surface area contributed by atoms with Crippen molar-refractivity contribution in [3.63, 3.8) is 0 Å². The number of hydrogen-bond acceptors (Lipinski definition) is 6. The van der Waals surface area contributed by atoms with Crippen molar-refractivity contribution in [2.45, 2.75) is 19.9 Å². The van der Waals surface area contributed by atoms with E-state index in [1.165, 1.54) is 17.3 Å². The molecule has 0 spiro atoms. The molecule has 0 fully saturated rings. The van der Waals surface area contributed by atoms with E-state index >= 15 is 0 Å². The lowest BCUT2D eigenvalue weighted by Gasteiger charge is -2.22. The van der Waals surface area contributed by atoms with Gasteiger partial charge in [-0.05, 0) is 73.5 Å². The predicted octanol–water partition coefficient (Wildman–Crippen LogP) is 6.80. The van der Waals surface area contributed by atoms with Crippen molar-refractivity contribution in [2.24, 2.45) is 0 Å². The number of likely N-dealkylation sites (N-methyl/N-ethyl adjacent to an activating group) is 1. The molecule has 0 unspecified atom stereocenters. The summed E-state index contributed by atoms with van der Waals surface area (Å²) in [4.78, 5) is 28.8. The molecule has 3 aromatic heterocycles. The van der Waals surface area contributed by atoms with E-state index in [0.717, 1.165) is 25.2 Å². The number of aryl methyl sites for hydroxylation is 1. The maximum Gasteiger partial charge on any atom is 0.260 e. The second-order valence-electron chi connectivity index (χ2n) is 10.1. The normalized spacial score (nSPS) is 13.8. The van der Waals surface area contributed by atoms with Crippen LogP contribution in [0.15, 0.2) is 83.9 Å². The molecule has 0 amide bonds. The topological polar surface area (TPSA) is 75.9 Å². The van der Waals surface area contributed by atoms with Gasteiger partial charge in [0.1, 0.15) is 5.65 Å². The molecule has 1 aliphatic rings. The number of hydrogen-bond donors (Lipinski definition) is 1. The van der Waals surface area contributed by atoms with Crippen molar-refractivity contribution < 1.29 is 4.39 Å². The van der Waals surface area contributed by atoms with Crippen LogP contribution < -0.4 is 10.9 Å². The molecule has 1 aliphatic heterocycles. The summed E-state index contributed by atoms with van der Waals surface area (Å²) >= 11 is 6.63. The number of benzene rings is 2. The number of rotatable bonds is 6. The summed E-state index contributed by atoms with van der Waals surface area (Å²) in [6.07, 6.45) is 6.40. The number of aromatic nitrogens is 4. The third-order valence-electron chi connectivity index (χ3n) is 7.40. The van der Waals surface area contributed by atoms with E-state index < -0.39 is 5.95 Å². The highest BCUT2D eigenvalue weighted by Gasteiger charge is 2.17. The van der Waals surface area contributed by atoms with Crippen LogP contribution in [0, 0.1) is 5.95 Å². The fourth-order valence-corrected chi connectivity index (χ4v) is 5.42. The minimum atomic E-state index is -0.581. The maximum atomic E-state index is 14.2. The summed E-state index contributed by atoms with van der Waals surface area (Å²) in [5.41, 5.74) is 5.64. The number of fused-ring (bicyclic) bond motifs is 1. The maximum absolute atomic E-state index is 14.2. The van der Waals surface area contributed by atoms with Crippen molar-refractivity contribution in [1.82, 2.24) is 24.4 Å². The Morgan fingerprint density at radius 3 is 2.51 bits per heavy atom. The summed E-state index contributed by atoms with van der Waals surface area (Å²) in [5, 5.41) is 4.30. The summed E-state index contributed by atoms with van der Waals surface area (Å²) in [6.45, 7) is 4.33. The number of anilines is 2. The molecule has 6 rings (SSSR count). The first-order valence-corrected chi connectivity index (χ1v) is 13.9. The lowest BCUT2D eigenvalue weighted by Crippen LogP contribution is -2.23. The molecule has 0 saturated heterocycles. The van der Waals surface area contributed by atoms with Crippen LogP contribution >= 0.6 is 11.6 Å². The zero-order chi connectivity index (χ0) is 28.5. The first-order chi connectivity index (χ1) is 19.9. The molecule has 1 N–H and O–H groups in total. The Bertz CT molecular complexity index is 1850. The molecule has 9 heteroatoms. The van der Waals surface area contributed by atoms with Crippen molar-refractivity contribution >= 4 is 39.8 Å². The van der Waals surface area contributed by atoms with Gasteiger partial charge < -0.3 is 10.2 Å². The first kappa shape index (κ1) is 26.8. The van der Waals surface area contributed by atoms with Crippen molar-refractivity contribution in [1.29, 1.82) is 0 Å². The van der Waals surface area contributed by atoms with Gasteiger partial charge in [0.05, 0.1) is 0 Å². The molecule has 41 heavy (non-hydrogen) atoms. The summed E-state index contributed by atoms with van der Waals surface area (Å²) < 4.78 is 15.8. The average Bonchev–Trinajstić information content (AvgIpc) is 2.98. The molecular weight excluding hydrogens is 539 g/mol. The molecule has 2 aromatic carbocycles. The van der Waals surface area contributed by atoms with Crippen LogP contribution in [0.5, 0.6) is 0 Å². The van der Waals surface area contributed by atoms with Crippen LogP contribution in [0.25, 0.3) is 38.9 Å². The van der Waals surface area contributed by atoms with Crippen LogP contribution in [-0.2, 0) is 6.54 Å². The highest BCUT2D eigenvalue weighted by Crippen LogP contribution is 2.33. The standard InChI is InChI=1S/C32H28ClFN6O/c1-3-40-30-23(17-27(31(40)41)26-11-8-22(18-28(26)33)25-5-4-14-35-29(25)34)19-36-32(38-30)37-24-9-6-20(7-10-24)21-12-15-39(2)16-13-21/h4-12,14,17-19H,3,13,15-16H2,1-2H3,(H,36,37,38). The monoisotopic (exact) mass is 566 g/mol. The smallest absolute Gasteiger partial charge is 0.260 e. The highest BCUT2D eigenvalue weighted by molar-refractivity contribution is 6.33. The zero-order valence-electron chi connectivity index (χ0n) is 22.7. The second-order valence-corrected chi connectivity index (χ2v) is 10.5. The van der Waals surface area contributed by atoms with Crippen molar-refractivity contribution in [3.8, 4) is 22.3 Å². The van der Waals surface area contributed by atoms with Crippen LogP contribution in [0.4, 0.5) is 16.0 Å². The van der Waals surface area contributed by atoms with Crippen molar-refractivity contribution in [2.75, 3.05) is 25.5 Å². The minimum Gasteiger partial charge on any atom is -0.324 e. The Morgan fingerprint density at radius 2 is 1.80 bits per heavy atom. The molecule has 4 heterocycles. The SMILES string of the molecule is CCn1c(=O)c(-c2ccc(-c3cccnc3F)cc2Cl)cc2cnc(Nc3ccc(C4=CCN(C)CC4)cc3)nc21. The summed E-state index contributed by atoms with van der Waals surface area (Å²) in [7, 11) is 2.13. The summed E-state index contributed by atoms with van der Waals surface area (Å²) in [6, 6.07) is 18.4. The Balaban J connectivity index is 1.30. The minimum absolute atomic E-state index is 0.220. The Hall–Kier alpha value is -4.40. The van der Waals surface area contributed by atoms with Crippen LogP contribution in [0.3, 0.4) is 0 Å². The van der Waals surface area contributed by atoms with Crippen LogP contribution in [0.2, 0.25) is 5.02 Å². The predicted molar refractivity (Wildman–Crippen MR) is 163 cm³/mol. The molecule has 0 radical (unpaired) electrons. The molecule has 0 aliphatic carbocycles. The van der Waals surface area contributed by atoms with E-state index in [0.29, 0.717) is 50.8 Å². The third kappa shape index (κ3) is 5.36. The van der Waals surface area contributed by atoms with Gasteiger partial charge in [0.2, 0.25) is 11.9 Å². The molecule has 206 valence electrons. The average molecular weight is 567 g/mol. The zero-order valence-corrected chi connectivity index (χ0v) is 23.5. The Kier molecular flexibility index (Phi) is 7.34. The van der Waals surface area contributed by atoms with Gasteiger partial charge in [-0.2, -0.15) is 9.37 Å². The van der Waals surface area contributed by atoms with Gasteiger partial charge in [-0.1, -0.05) is 41.9 Å². The van der Waals surface area contributed by atoms with Gasteiger partial charge in [0, 0.05) is 64.8 Å². The van der Waals surface area contributed by atoms with E-state index in [4.69, 9.17) is 11.6 Å². The van der Waals surface area contributed by atoms with E-state index in [1.54, 1.807) is 47.2 Å². The molecule has 5 aromatic rings. The van der Waals surface area contributed by atoms with Gasteiger partial charge in [-0.3, -0.25) is 9.36 Å². The van der Waals surface area contributed by atoms with Gasteiger partial charge in [-0.15, -0.1) is 0 Å². The third-order valence-corrected chi connectivity index (χ3v) is 7.71. The lowest BCUT2D eigenvalue weighted by atomic mass is 9.99. The number of nitrogens with zero attached hydrogens (tertiary/aromatic N) is 5. The van der Waals surface area contributed by atoms with Gasteiger partial charge in [-0.25, -0.2) is 9.97 Å². The van der Waals surface area contributed by atoms with E-state index in [2.05, 4.69) is 50.4 Å². The molecule has 0 atom stereocenters. The lowest BCUT2D eigenvalue weighted by molar-refractivity contribution is 0.370. The van der Waals surface area contributed by atoms with Crippen LogP contribution in [0.1, 0.15) is 18.9 Å². The quantitative estimate of drug-likeness (QED) is 0.228. The molecule has 0 bridgehead atoms. The summed E-state index contributed by atoms with van der Waals surface area (Å²) in [5.74, 6) is -0.179. The van der Waals surface area contributed by atoms with Crippen molar-refractivity contribution in [3.05, 3.63) is 106 Å². The van der Waals surface area contributed by atoms with Gasteiger partial charge >= 0.3 is 0 Å².